The molecule has 0 fully saturated rings. The molecule has 3 aromatic rings. The fourth-order valence-corrected chi connectivity index (χ4v) is 4.30. The van der Waals surface area contributed by atoms with E-state index in [-0.39, 0.29) is 5.78 Å². The first-order valence-electron chi connectivity index (χ1n) is 10.7. The maximum absolute atomic E-state index is 12.5. The van der Waals surface area contributed by atoms with Crippen LogP contribution in [0.2, 0.25) is 0 Å². The Morgan fingerprint density at radius 2 is 1.84 bits per heavy atom. The Hall–Kier alpha value is -2.85. The smallest absolute Gasteiger partial charge is 0.195 e. The van der Waals surface area contributed by atoms with Gasteiger partial charge in [-0.2, -0.15) is 0 Å². The highest BCUT2D eigenvalue weighted by atomic mass is 32.1. The molecule has 0 bridgehead atoms. The zero-order chi connectivity index (χ0) is 22.2. The van der Waals surface area contributed by atoms with Crippen LogP contribution in [0.15, 0.2) is 60.7 Å². The lowest BCUT2D eigenvalue weighted by Crippen LogP contribution is -2.00. The summed E-state index contributed by atoms with van der Waals surface area (Å²) in [6.45, 7) is 6.89. The number of hydrogen-bond acceptors (Lipinski definition) is 4. The fraction of sp³-hybridized carbons (Fsp3) is 0.296. The van der Waals surface area contributed by atoms with Crippen molar-refractivity contribution in [2.45, 2.75) is 46.1 Å². The van der Waals surface area contributed by atoms with Crippen molar-refractivity contribution in [1.82, 2.24) is 0 Å². The van der Waals surface area contributed by atoms with Gasteiger partial charge < -0.3 is 9.47 Å². The molecular formula is C27H30O3S. The Labute approximate surface area is 189 Å². The average Bonchev–Trinajstić information content (AvgIpc) is 3.25. The van der Waals surface area contributed by atoms with Crippen LogP contribution in [-0.4, -0.2) is 12.9 Å². The van der Waals surface area contributed by atoms with Gasteiger partial charge in [0.15, 0.2) is 5.78 Å². The number of ether oxygens (including phenoxy) is 2. The van der Waals surface area contributed by atoms with Gasteiger partial charge in [-0.3, -0.25) is 4.79 Å². The van der Waals surface area contributed by atoms with Crippen molar-refractivity contribution in [3.8, 4) is 11.5 Å². The van der Waals surface area contributed by atoms with Gasteiger partial charge in [0.1, 0.15) is 18.1 Å². The summed E-state index contributed by atoms with van der Waals surface area (Å²) >= 11 is 1.58. The minimum atomic E-state index is 0.0335. The molecule has 1 aromatic heterocycles. The van der Waals surface area contributed by atoms with E-state index in [9.17, 15) is 4.79 Å². The van der Waals surface area contributed by atoms with Gasteiger partial charge in [-0.1, -0.05) is 51.5 Å². The fourth-order valence-electron chi connectivity index (χ4n) is 3.27. The molecule has 0 aliphatic rings. The Balaban J connectivity index is 1.69. The number of carbonyl (C=O) groups is 1. The molecule has 0 unspecified atom stereocenters. The zero-order valence-corrected chi connectivity index (χ0v) is 19.5. The molecule has 0 atom stereocenters. The van der Waals surface area contributed by atoms with E-state index < -0.39 is 0 Å². The molecule has 2 aromatic carbocycles. The molecule has 0 aliphatic heterocycles. The summed E-state index contributed by atoms with van der Waals surface area (Å²) in [4.78, 5) is 14.5. The summed E-state index contributed by atoms with van der Waals surface area (Å²) in [6, 6.07) is 18.0. The third kappa shape index (κ3) is 6.31. The molecular weight excluding hydrogens is 404 g/mol. The van der Waals surface area contributed by atoms with E-state index in [0.717, 1.165) is 40.3 Å². The topological polar surface area (TPSA) is 35.5 Å². The molecule has 1 heterocycles. The average molecular weight is 435 g/mol. The van der Waals surface area contributed by atoms with Crippen molar-refractivity contribution in [3.63, 3.8) is 0 Å². The molecule has 31 heavy (non-hydrogen) atoms. The van der Waals surface area contributed by atoms with Gasteiger partial charge in [0.25, 0.3) is 0 Å². The molecule has 0 amide bonds. The maximum Gasteiger partial charge on any atom is 0.195 e. The molecule has 0 aliphatic carbocycles. The zero-order valence-electron chi connectivity index (χ0n) is 18.7. The summed E-state index contributed by atoms with van der Waals surface area (Å²) in [5.74, 6) is 2.12. The van der Waals surface area contributed by atoms with Crippen LogP contribution < -0.4 is 9.47 Å². The number of rotatable bonds is 10. The third-order valence-electron chi connectivity index (χ3n) is 5.07. The van der Waals surface area contributed by atoms with Crippen molar-refractivity contribution < 1.29 is 14.3 Å². The first-order chi connectivity index (χ1) is 15.0. The van der Waals surface area contributed by atoms with Gasteiger partial charge in [0.2, 0.25) is 0 Å². The van der Waals surface area contributed by atoms with Gasteiger partial charge in [-0.05, 0) is 65.9 Å². The summed E-state index contributed by atoms with van der Waals surface area (Å²) in [7, 11) is 1.65. The molecule has 162 valence electrons. The van der Waals surface area contributed by atoms with E-state index in [4.69, 9.17) is 9.47 Å². The first kappa shape index (κ1) is 22.8. The van der Waals surface area contributed by atoms with Crippen LogP contribution in [-0.2, 0) is 13.0 Å². The van der Waals surface area contributed by atoms with E-state index in [1.54, 1.807) is 24.5 Å². The van der Waals surface area contributed by atoms with Gasteiger partial charge >= 0.3 is 0 Å². The largest absolute Gasteiger partial charge is 0.496 e. The predicted octanol–water partition coefficient (Wildman–Crippen LogP) is 7.31. The highest BCUT2D eigenvalue weighted by molar-refractivity contribution is 7.14. The van der Waals surface area contributed by atoms with Crippen LogP contribution in [0.5, 0.6) is 11.5 Å². The third-order valence-corrected chi connectivity index (χ3v) is 6.23. The van der Waals surface area contributed by atoms with E-state index in [2.05, 4.69) is 32.9 Å². The van der Waals surface area contributed by atoms with Crippen LogP contribution in [0, 0.1) is 0 Å². The number of hydrogen-bond donors (Lipinski definition) is 0. The maximum atomic E-state index is 12.5. The van der Waals surface area contributed by atoms with E-state index in [1.807, 2.05) is 48.5 Å². The normalized spacial score (nSPS) is 11.3. The quantitative estimate of drug-likeness (QED) is 0.248. The second kappa shape index (κ2) is 11.0. The number of aryl methyl sites for hydroxylation is 1. The number of allylic oxidation sites excluding steroid dienone is 1. The van der Waals surface area contributed by atoms with E-state index in [1.165, 1.54) is 10.4 Å². The summed E-state index contributed by atoms with van der Waals surface area (Å²) in [5.41, 5.74) is 3.16. The lowest BCUT2D eigenvalue weighted by Gasteiger charge is -2.12. The van der Waals surface area contributed by atoms with Crippen molar-refractivity contribution in [1.29, 1.82) is 0 Å². The second-order valence-electron chi connectivity index (χ2n) is 7.80. The second-order valence-corrected chi connectivity index (χ2v) is 8.97. The molecule has 3 nitrogen and oxygen atoms in total. The highest BCUT2D eigenvalue weighted by Gasteiger charge is 2.08. The minimum Gasteiger partial charge on any atom is -0.496 e. The van der Waals surface area contributed by atoms with Crippen LogP contribution in [0.4, 0.5) is 0 Å². The number of carbonyl (C=O) groups excluding carboxylic acids is 1. The molecule has 0 saturated heterocycles. The molecule has 3 rings (SSSR count). The van der Waals surface area contributed by atoms with E-state index in [0.29, 0.717) is 12.5 Å². The van der Waals surface area contributed by atoms with Crippen molar-refractivity contribution in [2.75, 3.05) is 7.11 Å². The number of ketones is 1. The van der Waals surface area contributed by atoms with Crippen LogP contribution in [0.25, 0.3) is 6.08 Å². The molecule has 4 heteroatoms. The molecule has 0 saturated carbocycles. The summed E-state index contributed by atoms with van der Waals surface area (Å²) < 4.78 is 11.5. The van der Waals surface area contributed by atoms with Gasteiger partial charge in [0.05, 0.1) is 12.0 Å². The lowest BCUT2D eigenvalue weighted by atomic mass is 10.0. The monoisotopic (exact) mass is 434 g/mol. The molecule has 0 radical (unpaired) electrons. The lowest BCUT2D eigenvalue weighted by molar-refractivity contribution is 0.105. The Bertz CT molecular complexity index is 1030. The predicted molar refractivity (Wildman–Crippen MR) is 130 cm³/mol. The molecule has 0 N–H and O–H groups in total. The van der Waals surface area contributed by atoms with Gasteiger partial charge in [0, 0.05) is 10.4 Å². The van der Waals surface area contributed by atoms with Crippen molar-refractivity contribution >= 4 is 23.2 Å². The van der Waals surface area contributed by atoms with Gasteiger partial charge in [-0.15, -0.1) is 11.3 Å². The van der Waals surface area contributed by atoms with Gasteiger partial charge in [-0.25, -0.2) is 0 Å². The standard InChI is InChI=1S/C27H30O3S/c1-5-6-24-13-16-27(31-24)25(28)14-7-20-8-15-26(29-4)22(17-20)18-30-23-11-9-21(10-12-23)19(2)3/h7-17,19H,5-6,18H2,1-4H3/b14-7+. The number of benzene rings is 2. The Morgan fingerprint density at radius 3 is 2.52 bits per heavy atom. The van der Waals surface area contributed by atoms with Crippen LogP contribution >= 0.6 is 11.3 Å². The summed E-state index contributed by atoms with van der Waals surface area (Å²) in [6.07, 6.45) is 5.59. The van der Waals surface area contributed by atoms with E-state index >= 15 is 0 Å². The molecule has 0 spiro atoms. The summed E-state index contributed by atoms with van der Waals surface area (Å²) in [5, 5.41) is 0. The SMILES string of the molecule is CCCc1ccc(C(=O)/C=C/c2ccc(OC)c(COc3ccc(C(C)C)cc3)c2)s1. The van der Waals surface area contributed by atoms with Crippen molar-refractivity contribution in [2.24, 2.45) is 0 Å². The van der Waals surface area contributed by atoms with Crippen LogP contribution in [0.1, 0.15) is 64.3 Å². The number of methoxy groups -OCH3 is 1. The Morgan fingerprint density at radius 1 is 1.06 bits per heavy atom. The highest BCUT2D eigenvalue weighted by Crippen LogP contribution is 2.25. The minimum absolute atomic E-state index is 0.0335. The first-order valence-corrected chi connectivity index (χ1v) is 11.5. The number of thiophene rings is 1. The van der Waals surface area contributed by atoms with Crippen LogP contribution in [0.3, 0.4) is 0 Å². The van der Waals surface area contributed by atoms with Crippen molar-refractivity contribution in [3.05, 3.63) is 87.1 Å². The Kier molecular flexibility index (Phi) is 8.07.